The Morgan fingerprint density at radius 3 is 2.61 bits per heavy atom. The van der Waals surface area contributed by atoms with E-state index in [9.17, 15) is 9.90 Å². The van der Waals surface area contributed by atoms with Crippen LogP contribution in [0.25, 0.3) is 10.8 Å². The molecule has 1 amide bonds. The van der Waals surface area contributed by atoms with Crippen molar-refractivity contribution >= 4 is 22.5 Å². The van der Waals surface area contributed by atoms with Crippen LogP contribution in [0.2, 0.25) is 0 Å². The van der Waals surface area contributed by atoms with Crippen LogP contribution < -0.4 is 10.6 Å². The molecule has 116 valence electrons. The predicted octanol–water partition coefficient (Wildman–Crippen LogP) is 2.18. The van der Waals surface area contributed by atoms with Gasteiger partial charge in [-0.15, -0.1) is 0 Å². The summed E-state index contributed by atoms with van der Waals surface area (Å²) in [6.07, 6.45) is 4.79. The summed E-state index contributed by atoms with van der Waals surface area (Å²) in [6, 6.07) is 10.9. The lowest BCUT2D eigenvalue weighted by Crippen LogP contribution is -2.29. The first-order valence-electron chi connectivity index (χ1n) is 7.24. The maximum Gasteiger partial charge on any atom is 0.255 e. The monoisotopic (exact) mass is 308 g/mol. The zero-order chi connectivity index (χ0) is 16.1. The number of nitrogens with zero attached hydrogens (tertiary/aromatic N) is 2. The Labute approximate surface area is 133 Å². The minimum atomic E-state index is -0.311. The third-order valence-corrected chi connectivity index (χ3v) is 3.39. The van der Waals surface area contributed by atoms with Gasteiger partial charge >= 0.3 is 0 Å². The number of carbonyl (C=O) groups is 1. The third kappa shape index (κ3) is 3.55. The first kappa shape index (κ1) is 14.8. The van der Waals surface area contributed by atoms with Gasteiger partial charge in [0.1, 0.15) is 11.6 Å². The van der Waals surface area contributed by atoms with Crippen LogP contribution >= 0.6 is 0 Å². The van der Waals surface area contributed by atoms with Crippen molar-refractivity contribution in [3.8, 4) is 5.75 Å². The van der Waals surface area contributed by atoms with Crippen molar-refractivity contribution in [1.82, 2.24) is 15.3 Å². The van der Waals surface area contributed by atoms with Crippen LogP contribution in [0, 0.1) is 0 Å². The van der Waals surface area contributed by atoms with E-state index in [2.05, 4.69) is 20.6 Å². The number of amides is 1. The van der Waals surface area contributed by atoms with Crippen LogP contribution in [0.4, 0.5) is 5.82 Å². The van der Waals surface area contributed by atoms with Crippen LogP contribution in [0.3, 0.4) is 0 Å². The molecule has 1 heterocycles. The molecular formula is C17H16N4O2. The molecule has 23 heavy (non-hydrogen) atoms. The summed E-state index contributed by atoms with van der Waals surface area (Å²) in [5.41, 5.74) is 0.267. The lowest BCUT2D eigenvalue weighted by Gasteiger charge is -2.09. The Kier molecular flexibility index (Phi) is 4.33. The lowest BCUT2D eigenvalue weighted by atomic mass is 10.1. The molecule has 0 bridgehead atoms. The molecule has 0 atom stereocenters. The molecule has 0 fully saturated rings. The Hall–Kier alpha value is -3.15. The van der Waals surface area contributed by atoms with Gasteiger partial charge in [0.05, 0.1) is 11.8 Å². The van der Waals surface area contributed by atoms with Gasteiger partial charge in [-0.2, -0.15) is 0 Å². The van der Waals surface area contributed by atoms with Gasteiger partial charge in [-0.1, -0.05) is 24.3 Å². The van der Waals surface area contributed by atoms with E-state index in [-0.39, 0.29) is 17.2 Å². The summed E-state index contributed by atoms with van der Waals surface area (Å²) in [5.74, 6) is 0.313. The topological polar surface area (TPSA) is 87.1 Å². The molecule has 3 N–H and O–H groups in total. The van der Waals surface area contributed by atoms with Crippen LogP contribution in [-0.2, 0) is 0 Å². The number of anilines is 1. The normalized spacial score (nSPS) is 10.4. The molecule has 3 rings (SSSR count). The number of hydrogen-bond acceptors (Lipinski definition) is 5. The van der Waals surface area contributed by atoms with Gasteiger partial charge in [-0.25, -0.2) is 4.98 Å². The van der Waals surface area contributed by atoms with Gasteiger partial charge in [-0.05, 0) is 22.9 Å². The van der Waals surface area contributed by atoms with Crippen molar-refractivity contribution in [3.05, 3.63) is 60.6 Å². The SMILES string of the molecule is O=C(NCCNc1cnccn1)c1cc2ccccc2cc1O. The van der Waals surface area contributed by atoms with Crippen molar-refractivity contribution in [2.45, 2.75) is 0 Å². The highest BCUT2D eigenvalue weighted by atomic mass is 16.3. The van der Waals surface area contributed by atoms with Crippen LogP contribution in [0.5, 0.6) is 5.75 Å². The molecule has 0 radical (unpaired) electrons. The second-order valence-corrected chi connectivity index (χ2v) is 4.99. The third-order valence-electron chi connectivity index (χ3n) is 3.39. The van der Waals surface area contributed by atoms with E-state index in [4.69, 9.17) is 0 Å². The summed E-state index contributed by atoms with van der Waals surface area (Å²) < 4.78 is 0. The average Bonchev–Trinajstić information content (AvgIpc) is 2.59. The van der Waals surface area contributed by atoms with E-state index in [0.717, 1.165) is 10.8 Å². The van der Waals surface area contributed by atoms with E-state index in [0.29, 0.717) is 18.9 Å². The fourth-order valence-electron chi connectivity index (χ4n) is 2.26. The number of phenolic OH excluding ortho intramolecular Hbond substituents is 1. The van der Waals surface area contributed by atoms with Crippen LogP contribution in [0.1, 0.15) is 10.4 Å². The molecule has 1 aromatic heterocycles. The van der Waals surface area contributed by atoms with E-state index < -0.39 is 0 Å². The van der Waals surface area contributed by atoms with E-state index in [1.807, 2.05) is 24.3 Å². The molecular weight excluding hydrogens is 292 g/mol. The van der Waals surface area contributed by atoms with Gasteiger partial charge in [0.25, 0.3) is 5.91 Å². The maximum absolute atomic E-state index is 12.2. The van der Waals surface area contributed by atoms with Crippen molar-refractivity contribution in [2.75, 3.05) is 18.4 Å². The van der Waals surface area contributed by atoms with Gasteiger partial charge in [0.15, 0.2) is 0 Å². The van der Waals surface area contributed by atoms with Crippen molar-refractivity contribution in [1.29, 1.82) is 0 Å². The smallest absolute Gasteiger partial charge is 0.255 e. The maximum atomic E-state index is 12.2. The number of rotatable bonds is 5. The number of aromatic nitrogens is 2. The van der Waals surface area contributed by atoms with E-state index in [1.165, 1.54) is 0 Å². The van der Waals surface area contributed by atoms with Gasteiger partial charge in [-0.3, -0.25) is 9.78 Å². The minimum absolute atomic E-state index is 0.0249. The average molecular weight is 308 g/mol. The largest absolute Gasteiger partial charge is 0.507 e. The van der Waals surface area contributed by atoms with E-state index >= 15 is 0 Å². The fraction of sp³-hybridized carbons (Fsp3) is 0.118. The first-order valence-corrected chi connectivity index (χ1v) is 7.24. The molecule has 0 aliphatic carbocycles. The van der Waals surface area contributed by atoms with Gasteiger partial charge < -0.3 is 15.7 Å². The number of benzene rings is 2. The Balaban J connectivity index is 1.61. The van der Waals surface area contributed by atoms with Gasteiger partial charge in [0.2, 0.25) is 0 Å². The Morgan fingerprint density at radius 1 is 1.09 bits per heavy atom. The number of hydrogen-bond donors (Lipinski definition) is 3. The van der Waals surface area contributed by atoms with Gasteiger partial charge in [0, 0.05) is 25.5 Å². The Bertz CT molecular complexity index is 821. The van der Waals surface area contributed by atoms with Crippen LogP contribution in [0.15, 0.2) is 55.0 Å². The summed E-state index contributed by atoms with van der Waals surface area (Å²) in [7, 11) is 0. The minimum Gasteiger partial charge on any atom is -0.507 e. The Morgan fingerprint density at radius 2 is 1.87 bits per heavy atom. The zero-order valence-corrected chi connectivity index (χ0v) is 12.4. The zero-order valence-electron chi connectivity index (χ0n) is 12.4. The second kappa shape index (κ2) is 6.74. The highest BCUT2D eigenvalue weighted by Gasteiger charge is 2.11. The summed E-state index contributed by atoms with van der Waals surface area (Å²) in [4.78, 5) is 20.2. The summed E-state index contributed by atoms with van der Waals surface area (Å²) in [5, 5.41) is 17.6. The molecule has 6 heteroatoms. The lowest BCUT2D eigenvalue weighted by molar-refractivity contribution is 0.0952. The number of phenols is 1. The summed E-state index contributed by atoms with van der Waals surface area (Å²) >= 11 is 0. The van der Waals surface area contributed by atoms with Crippen molar-refractivity contribution in [3.63, 3.8) is 0 Å². The van der Waals surface area contributed by atoms with Crippen LogP contribution in [-0.4, -0.2) is 34.1 Å². The first-order chi connectivity index (χ1) is 11.2. The highest BCUT2D eigenvalue weighted by molar-refractivity contribution is 6.01. The molecule has 0 aliphatic rings. The van der Waals surface area contributed by atoms with Crippen molar-refractivity contribution < 1.29 is 9.90 Å². The molecule has 3 aromatic rings. The fourth-order valence-corrected chi connectivity index (χ4v) is 2.26. The van der Waals surface area contributed by atoms with E-state index in [1.54, 1.807) is 30.7 Å². The van der Waals surface area contributed by atoms with Crippen molar-refractivity contribution in [2.24, 2.45) is 0 Å². The summed E-state index contributed by atoms with van der Waals surface area (Å²) in [6.45, 7) is 0.917. The molecule has 0 saturated heterocycles. The number of nitrogens with one attached hydrogen (secondary N) is 2. The standard InChI is InChI=1S/C17H16N4O2/c22-15-10-13-4-2-1-3-12(13)9-14(15)17(23)21-8-7-20-16-11-18-5-6-19-16/h1-6,9-11,22H,7-8H2,(H,19,20)(H,21,23). The molecule has 6 nitrogen and oxygen atoms in total. The number of aromatic hydroxyl groups is 1. The quantitative estimate of drug-likeness (QED) is 0.629. The highest BCUT2D eigenvalue weighted by Crippen LogP contribution is 2.24. The predicted molar refractivity (Wildman–Crippen MR) is 88.5 cm³/mol. The number of fused-ring (bicyclic) bond motifs is 1. The number of carbonyl (C=O) groups excluding carboxylic acids is 1. The molecule has 0 aliphatic heterocycles. The second-order valence-electron chi connectivity index (χ2n) is 4.99. The molecule has 0 unspecified atom stereocenters. The molecule has 2 aromatic carbocycles. The molecule has 0 saturated carbocycles. The molecule has 0 spiro atoms.